The van der Waals surface area contributed by atoms with Gasteiger partial charge >= 0.3 is 0 Å². The van der Waals surface area contributed by atoms with Crippen molar-refractivity contribution in [2.75, 3.05) is 34.7 Å². The van der Waals surface area contributed by atoms with Crippen LogP contribution in [0, 0.1) is 0 Å². The Morgan fingerprint density at radius 1 is 1.07 bits per heavy atom. The quantitative estimate of drug-likeness (QED) is 0.813. The maximum Gasteiger partial charge on any atom is 0.226 e. The smallest absolute Gasteiger partial charge is 0.226 e. The zero-order chi connectivity index (χ0) is 19.4. The van der Waals surface area contributed by atoms with E-state index in [1.54, 1.807) is 19.0 Å². The van der Waals surface area contributed by atoms with Crippen LogP contribution in [0.5, 0.6) is 5.75 Å². The third kappa shape index (κ3) is 4.58. The van der Waals surface area contributed by atoms with Crippen LogP contribution in [0.3, 0.4) is 0 Å². The number of amides is 1. The van der Waals surface area contributed by atoms with Crippen LogP contribution in [-0.4, -0.2) is 50.4 Å². The molecule has 4 nitrogen and oxygen atoms in total. The molecule has 27 heavy (non-hydrogen) atoms. The van der Waals surface area contributed by atoms with Gasteiger partial charge in [0.25, 0.3) is 0 Å². The summed E-state index contributed by atoms with van der Waals surface area (Å²) >= 11 is 0. The fraction of sp³-hybridized carbons (Fsp3) is 0.348. The van der Waals surface area contributed by atoms with E-state index >= 15 is 0 Å². The summed E-state index contributed by atoms with van der Waals surface area (Å²) in [6.45, 7) is 1.55. The molecule has 0 unspecified atom stereocenters. The number of benzene rings is 2. The van der Waals surface area contributed by atoms with Crippen LogP contribution >= 0.6 is 0 Å². The van der Waals surface area contributed by atoms with E-state index in [1.807, 2.05) is 12.1 Å². The molecule has 0 saturated carbocycles. The Hall–Kier alpha value is -2.59. The molecule has 2 aromatic carbocycles. The summed E-state index contributed by atoms with van der Waals surface area (Å²) in [5, 5.41) is 0. The highest BCUT2D eigenvalue weighted by Crippen LogP contribution is 2.37. The number of rotatable bonds is 5. The number of carbonyl (C=O) groups excluding carboxylic acids is 1. The van der Waals surface area contributed by atoms with Crippen LogP contribution in [0.4, 0.5) is 0 Å². The molecular formula is C23H28N2O2. The largest absolute Gasteiger partial charge is 0.488 e. The molecule has 1 aliphatic rings. The molecular weight excluding hydrogens is 336 g/mol. The van der Waals surface area contributed by atoms with Gasteiger partial charge in [-0.3, -0.25) is 4.79 Å². The number of carbonyl (C=O) groups is 1. The second-order valence-electron chi connectivity index (χ2n) is 7.45. The van der Waals surface area contributed by atoms with E-state index in [0.29, 0.717) is 13.0 Å². The molecule has 0 atom stereocenters. The Bertz CT molecular complexity index is 853. The lowest BCUT2D eigenvalue weighted by atomic mass is 9.92. The summed E-state index contributed by atoms with van der Waals surface area (Å²) in [5.41, 5.74) is 5.68. The summed E-state index contributed by atoms with van der Waals surface area (Å²) in [7, 11) is 7.75. The summed E-state index contributed by atoms with van der Waals surface area (Å²) in [6, 6.07) is 14.5. The van der Waals surface area contributed by atoms with E-state index in [9.17, 15) is 4.79 Å². The number of likely N-dealkylation sites (N-methyl/N-ethyl adjacent to an activating group) is 1. The molecule has 0 aromatic heterocycles. The van der Waals surface area contributed by atoms with Crippen LogP contribution in [0.2, 0.25) is 0 Å². The molecule has 0 fully saturated rings. The molecule has 142 valence electrons. The van der Waals surface area contributed by atoms with Crippen molar-refractivity contribution < 1.29 is 9.53 Å². The lowest BCUT2D eigenvalue weighted by Crippen LogP contribution is -2.23. The highest BCUT2D eigenvalue weighted by atomic mass is 16.5. The average Bonchev–Trinajstić information content (AvgIpc) is 2.79. The zero-order valence-corrected chi connectivity index (χ0v) is 16.7. The predicted octanol–water partition coefficient (Wildman–Crippen LogP) is 3.59. The predicted molar refractivity (Wildman–Crippen MR) is 110 cm³/mol. The van der Waals surface area contributed by atoms with E-state index in [2.05, 4.69) is 55.4 Å². The van der Waals surface area contributed by atoms with Crippen molar-refractivity contribution >= 4 is 11.5 Å². The monoisotopic (exact) mass is 364 g/mol. The lowest BCUT2D eigenvalue weighted by molar-refractivity contribution is -0.127. The minimum absolute atomic E-state index is 0.100. The average molecular weight is 364 g/mol. The Labute approximate surface area is 162 Å². The maximum absolute atomic E-state index is 12.1. The van der Waals surface area contributed by atoms with Crippen molar-refractivity contribution in [2.45, 2.75) is 19.4 Å². The molecule has 0 radical (unpaired) electrons. The Kier molecular flexibility index (Phi) is 5.97. The fourth-order valence-electron chi connectivity index (χ4n) is 3.25. The molecule has 1 heterocycles. The van der Waals surface area contributed by atoms with Gasteiger partial charge in [-0.15, -0.1) is 0 Å². The topological polar surface area (TPSA) is 32.8 Å². The van der Waals surface area contributed by atoms with Gasteiger partial charge in [-0.05, 0) is 54.9 Å². The van der Waals surface area contributed by atoms with Crippen molar-refractivity contribution in [1.82, 2.24) is 9.80 Å². The van der Waals surface area contributed by atoms with Gasteiger partial charge in [-0.25, -0.2) is 0 Å². The van der Waals surface area contributed by atoms with Crippen molar-refractivity contribution in [1.29, 1.82) is 0 Å². The SMILES string of the molecule is CN(C)CCC=C1c2ccccc2COc2ccc(CC(=O)N(C)C)cc21. The van der Waals surface area contributed by atoms with E-state index in [1.165, 1.54) is 16.7 Å². The van der Waals surface area contributed by atoms with E-state index in [4.69, 9.17) is 4.74 Å². The fourth-order valence-corrected chi connectivity index (χ4v) is 3.25. The Morgan fingerprint density at radius 2 is 1.85 bits per heavy atom. The maximum atomic E-state index is 12.1. The Balaban J connectivity index is 2.04. The molecule has 0 spiro atoms. The molecule has 0 saturated heterocycles. The normalized spacial score (nSPS) is 14.3. The molecule has 3 rings (SSSR count). The van der Waals surface area contributed by atoms with Gasteiger partial charge in [-0.2, -0.15) is 0 Å². The molecule has 2 aromatic rings. The summed E-state index contributed by atoms with van der Waals surface area (Å²) in [6.07, 6.45) is 3.65. The lowest BCUT2D eigenvalue weighted by Gasteiger charge is -2.15. The highest BCUT2D eigenvalue weighted by molar-refractivity contribution is 5.86. The van der Waals surface area contributed by atoms with Crippen molar-refractivity contribution in [3.8, 4) is 5.75 Å². The van der Waals surface area contributed by atoms with Gasteiger partial charge < -0.3 is 14.5 Å². The van der Waals surface area contributed by atoms with E-state index in [-0.39, 0.29) is 5.91 Å². The molecule has 1 aliphatic heterocycles. The van der Waals surface area contributed by atoms with Crippen molar-refractivity contribution in [3.05, 3.63) is 70.8 Å². The van der Waals surface area contributed by atoms with Crippen LogP contribution in [0.1, 0.15) is 28.7 Å². The second-order valence-corrected chi connectivity index (χ2v) is 7.45. The van der Waals surface area contributed by atoms with Gasteiger partial charge in [0.05, 0.1) is 6.42 Å². The van der Waals surface area contributed by atoms with Gasteiger partial charge in [0.1, 0.15) is 12.4 Å². The highest BCUT2D eigenvalue weighted by Gasteiger charge is 2.20. The number of hydrogen-bond donors (Lipinski definition) is 0. The van der Waals surface area contributed by atoms with Gasteiger partial charge in [-0.1, -0.05) is 36.4 Å². The minimum Gasteiger partial charge on any atom is -0.488 e. The van der Waals surface area contributed by atoms with Crippen LogP contribution in [0.25, 0.3) is 5.57 Å². The minimum atomic E-state index is 0.100. The van der Waals surface area contributed by atoms with Crippen molar-refractivity contribution in [3.63, 3.8) is 0 Å². The number of nitrogens with zero attached hydrogens (tertiary/aromatic N) is 2. The van der Waals surface area contributed by atoms with Gasteiger partial charge in [0, 0.05) is 26.2 Å². The molecule has 0 N–H and O–H groups in total. The van der Waals surface area contributed by atoms with Crippen LogP contribution < -0.4 is 4.74 Å². The molecule has 0 bridgehead atoms. The third-order valence-corrected chi connectivity index (χ3v) is 4.80. The summed E-state index contributed by atoms with van der Waals surface area (Å²) < 4.78 is 6.09. The second kappa shape index (κ2) is 8.40. The van der Waals surface area contributed by atoms with E-state index in [0.717, 1.165) is 29.8 Å². The first-order valence-electron chi connectivity index (χ1n) is 9.35. The number of fused-ring (bicyclic) bond motifs is 2. The van der Waals surface area contributed by atoms with Gasteiger partial charge in [0.2, 0.25) is 5.91 Å². The first-order valence-corrected chi connectivity index (χ1v) is 9.35. The first-order chi connectivity index (χ1) is 13.0. The summed E-state index contributed by atoms with van der Waals surface area (Å²) in [5.74, 6) is 0.978. The molecule has 0 aliphatic carbocycles. The third-order valence-electron chi connectivity index (χ3n) is 4.80. The van der Waals surface area contributed by atoms with Crippen LogP contribution in [0.15, 0.2) is 48.5 Å². The molecule has 4 heteroatoms. The number of ether oxygens (including phenoxy) is 1. The zero-order valence-electron chi connectivity index (χ0n) is 16.7. The van der Waals surface area contributed by atoms with Gasteiger partial charge in [0.15, 0.2) is 0 Å². The van der Waals surface area contributed by atoms with E-state index < -0.39 is 0 Å². The number of hydrogen-bond acceptors (Lipinski definition) is 3. The Morgan fingerprint density at radius 3 is 2.59 bits per heavy atom. The first kappa shape index (κ1) is 19.2. The van der Waals surface area contributed by atoms with Crippen LogP contribution in [-0.2, 0) is 17.8 Å². The van der Waals surface area contributed by atoms with Crippen molar-refractivity contribution in [2.24, 2.45) is 0 Å². The molecule has 1 amide bonds. The standard InChI is InChI=1S/C23H28N2O2/c1-24(2)13-7-10-20-19-9-6-5-8-18(19)16-27-22-12-11-17(14-21(20)22)15-23(26)25(3)4/h5-6,8-12,14H,7,13,15-16H2,1-4H3. The summed E-state index contributed by atoms with van der Waals surface area (Å²) in [4.78, 5) is 16.0.